The summed E-state index contributed by atoms with van der Waals surface area (Å²) in [5.74, 6) is 0. The summed E-state index contributed by atoms with van der Waals surface area (Å²) in [6, 6.07) is 10.9. The van der Waals surface area contributed by atoms with Gasteiger partial charge in [-0.15, -0.1) is 0 Å². The second kappa shape index (κ2) is 5.05. The summed E-state index contributed by atoms with van der Waals surface area (Å²) in [6.07, 6.45) is -4.33. The molecule has 0 spiro atoms. The van der Waals surface area contributed by atoms with E-state index in [2.05, 4.69) is 0 Å². The van der Waals surface area contributed by atoms with E-state index in [0.717, 1.165) is 28.8 Å². The minimum atomic E-state index is -4.33. The van der Waals surface area contributed by atoms with Gasteiger partial charge in [0.25, 0.3) is 0 Å². The van der Waals surface area contributed by atoms with Crippen LogP contribution in [0.1, 0.15) is 16.7 Å². The van der Waals surface area contributed by atoms with E-state index in [0.29, 0.717) is 12.1 Å². The van der Waals surface area contributed by atoms with Crippen LogP contribution in [-0.4, -0.2) is 0 Å². The van der Waals surface area contributed by atoms with Gasteiger partial charge in [-0.2, -0.15) is 13.2 Å². The summed E-state index contributed by atoms with van der Waals surface area (Å²) in [6.45, 7) is 2.20. The summed E-state index contributed by atoms with van der Waals surface area (Å²) < 4.78 is 38.2. The zero-order valence-electron chi connectivity index (χ0n) is 10.5. The highest BCUT2D eigenvalue weighted by Gasteiger charge is 2.30. The average Bonchev–Trinajstić information content (AvgIpc) is 2.38. The fourth-order valence-electron chi connectivity index (χ4n) is 2.00. The molecule has 1 nitrogen and oxygen atoms in total. The van der Waals surface area contributed by atoms with Crippen LogP contribution < -0.4 is 5.73 Å². The molecule has 0 atom stereocenters. The summed E-state index contributed by atoms with van der Waals surface area (Å²) in [5.41, 5.74) is 8.12. The first-order valence-corrected chi connectivity index (χ1v) is 5.89. The molecule has 2 aromatic carbocycles. The first-order valence-electron chi connectivity index (χ1n) is 5.89. The molecule has 4 heteroatoms. The molecular formula is C15H14F3N. The Morgan fingerprint density at radius 2 is 1.79 bits per heavy atom. The van der Waals surface area contributed by atoms with Crippen LogP contribution in [0.25, 0.3) is 11.1 Å². The molecule has 0 amide bonds. The van der Waals surface area contributed by atoms with Gasteiger partial charge in [-0.3, -0.25) is 0 Å². The molecule has 0 saturated carbocycles. The summed E-state index contributed by atoms with van der Waals surface area (Å²) in [5, 5.41) is 0. The van der Waals surface area contributed by atoms with Crippen molar-refractivity contribution in [2.45, 2.75) is 19.6 Å². The highest BCUT2D eigenvalue weighted by atomic mass is 19.4. The molecule has 0 unspecified atom stereocenters. The number of aryl methyl sites for hydroxylation is 1. The molecule has 19 heavy (non-hydrogen) atoms. The van der Waals surface area contributed by atoms with Crippen LogP contribution in [0, 0.1) is 6.92 Å². The van der Waals surface area contributed by atoms with Gasteiger partial charge in [0.1, 0.15) is 0 Å². The lowest BCUT2D eigenvalue weighted by molar-refractivity contribution is -0.137. The van der Waals surface area contributed by atoms with Gasteiger partial charge >= 0.3 is 6.18 Å². The monoisotopic (exact) mass is 265 g/mol. The van der Waals surface area contributed by atoms with Gasteiger partial charge in [0.2, 0.25) is 0 Å². The van der Waals surface area contributed by atoms with Crippen molar-refractivity contribution in [2.75, 3.05) is 0 Å². The number of nitrogens with two attached hydrogens (primary N) is 1. The topological polar surface area (TPSA) is 26.0 Å². The Morgan fingerprint density at radius 1 is 1.05 bits per heavy atom. The minimum absolute atomic E-state index is 0.297. The molecule has 0 saturated heterocycles. The Hall–Kier alpha value is -1.81. The number of rotatable bonds is 2. The third-order valence-electron chi connectivity index (χ3n) is 2.99. The maximum Gasteiger partial charge on any atom is 0.416 e. The van der Waals surface area contributed by atoms with E-state index in [9.17, 15) is 13.2 Å². The highest BCUT2D eigenvalue weighted by Crippen LogP contribution is 2.33. The van der Waals surface area contributed by atoms with Crippen LogP contribution in [0.5, 0.6) is 0 Å². The standard InChI is InChI=1S/C15H14F3N/c1-10-5-6-12(9-19)14(7-10)11-3-2-4-13(8-11)15(16,17)18/h2-8H,9,19H2,1H3. The van der Waals surface area contributed by atoms with Gasteiger partial charge in [0.15, 0.2) is 0 Å². The lowest BCUT2D eigenvalue weighted by atomic mass is 9.96. The van der Waals surface area contributed by atoms with Crippen molar-refractivity contribution < 1.29 is 13.2 Å². The smallest absolute Gasteiger partial charge is 0.326 e. The Balaban J connectivity index is 2.56. The Labute approximate surface area is 109 Å². The number of hydrogen-bond acceptors (Lipinski definition) is 1. The van der Waals surface area contributed by atoms with E-state index in [1.165, 1.54) is 6.07 Å². The Kier molecular flexibility index (Phi) is 3.62. The molecule has 0 aliphatic heterocycles. The third-order valence-corrected chi connectivity index (χ3v) is 2.99. The zero-order chi connectivity index (χ0) is 14.0. The van der Waals surface area contributed by atoms with E-state index in [-0.39, 0.29) is 0 Å². The summed E-state index contributed by atoms with van der Waals surface area (Å²) in [4.78, 5) is 0. The molecule has 0 aliphatic rings. The van der Waals surface area contributed by atoms with Crippen molar-refractivity contribution in [1.82, 2.24) is 0 Å². The van der Waals surface area contributed by atoms with Gasteiger partial charge in [0, 0.05) is 6.54 Å². The van der Waals surface area contributed by atoms with Crippen molar-refractivity contribution in [2.24, 2.45) is 5.73 Å². The number of alkyl halides is 3. The van der Waals surface area contributed by atoms with Crippen molar-refractivity contribution in [3.05, 3.63) is 59.2 Å². The van der Waals surface area contributed by atoms with Gasteiger partial charge in [-0.05, 0) is 35.7 Å². The molecule has 2 rings (SSSR count). The predicted molar refractivity (Wildman–Crippen MR) is 69.5 cm³/mol. The third kappa shape index (κ3) is 2.96. The molecule has 2 aromatic rings. The molecule has 0 heterocycles. The van der Waals surface area contributed by atoms with Crippen LogP contribution >= 0.6 is 0 Å². The maximum atomic E-state index is 12.7. The number of benzene rings is 2. The van der Waals surface area contributed by atoms with Crippen molar-refractivity contribution in [1.29, 1.82) is 0 Å². The molecular weight excluding hydrogens is 251 g/mol. The quantitative estimate of drug-likeness (QED) is 0.867. The van der Waals surface area contributed by atoms with Crippen LogP contribution in [0.3, 0.4) is 0 Å². The molecule has 100 valence electrons. The SMILES string of the molecule is Cc1ccc(CN)c(-c2cccc(C(F)(F)F)c2)c1. The molecule has 2 N–H and O–H groups in total. The van der Waals surface area contributed by atoms with Gasteiger partial charge in [-0.1, -0.05) is 35.9 Å². The number of hydrogen-bond donors (Lipinski definition) is 1. The lowest BCUT2D eigenvalue weighted by Gasteiger charge is -2.12. The summed E-state index contributed by atoms with van der Waals surface area (Å²) in [7, 11) is 0. The Morgan fingerprint density at radius 3 is 2.42 bits per heavy atom. The van der Waals surface area contributed by atoms with E-state index in [1.54, 1.807) is 6.07 Å². The first-order chi connectivity index (χ1) is 8.91. The average molecular weight is 265 g/mol. The number of halogens is 3. The van der Waals surface area contributed by atoms with Crippen LogP contribution in [-0.2, 0) is 12.7 Å². The largest absolute Gasteiger partial charge is 0.416 e. The van der Waals surface area contributed by atoms with Crippen molar-refractivity contribution in [3.63, 3.8) is 0 Å². The maximum absolute atomic E-state index is 12.7. The van der Waals surface area contributed by atoms with E-state index >= 15 is 0 Å². The van der Waals surface area contributed by atoms with Crippen LogP contribution in [0.2, 0.25) is 0 Å². The Bertz CT molecular complexity index is 588. The fourth-order valence-corrected chi connectivity index (χ4v) is 2.00. The molecule has 0 fully saturated rings. The van der Waals surface area contributed by atoms with E-state index < -0.39 is 11.7 Å². The fraction of sp³-hybridized carbons (Fsp3) is 0.200. The minimum Gasteiger partial charge on any atom is -0.326 e. The summed E-state index contributed by atoms with van der Waals surface area (Å²) >= 11 is 0. The van der Waals surface area contributed by atoms with Crippen LogP contribution in [0.15, 0.2) is 42.5 Å². The second-order valence-electron chi connectivity index (χ2n) is 4.44. The molecule has 0 bridgehead atoms. The molecule has 0 radical (unpaired) electrons. The van der Waals surface area contributed by atoms with Crippen LogP contribution in [0.4, 0.5) is 13.2 Å². The van der Waals surface area contributed by atoms with Gasteiger partial charge in [-0.25, -0.2) is 0 Å². The van der Waals surface area contributed by atoms with E-state index in [1.807, 2.05) is 25.1 Å². The second-order valence-corrected chi connectivity index (χ2v) is 4.44. The highest BCUT2D eigenvalue weighted by molar-refractivity contribution is 5.69. The van der Waals surface area contributed by atoms with Gasteiger partial charge < -0.3 is 5.73 Å². The molecule has 0 aromatic heterocycles. The lowest BCUT2D eigenvalue weighted by Crippen LogP contribution is -2.05. The first kappa shape index (κ1) is 13.6. The predicted octanol–water partition coefficient (Wildman–Crippen LogP) is 4.14. The van der Waals surface area contributed by atoms with Crippen molar-refractivity contribution >= 4 is 0 Å². The van der Waals surface area contributed by atoms with Crippen molar-refractivity contribution in [3.8, 4) is 11.1 Å². The van der Waals surface area contributed by atoms with E-state index in [4.69, 9.17) is 5.73 Å². The molecule has 0 aliphatic carbocycles. The van der Waals surface area contributed by atoms with Gasteiger partial charge in [0.05, 0.1) is 5.56 Å². The zero-order valence-corrected chi connectivity index (χ0v) is 10.5. The normalized spacial score (nSPS) is 11.6.